The predicted octanol–water partition coefficient (Wildman–Crippen LogP) is 2.52. The van der Waals surface area contributed by atoms with E-state index < -0.39 is 10.0 Å². The van der Waals surface area contributed by atoms with Crippen molar-refractivity contribution in [3.05, 3.63) is 59.8 Å². The molecule has 0 radical (unpaired) electrons. The van der Waals surface area contributed by atoms with E-state index in [9.17, 15) is 13.2 Å². The molecule has 158 valence electrons. The minimum atomic E-state index is -3.69. The lowest BCUT2D eigenvalue weighted by molar-refractivity contribution is 0.0831. The molecule has 1 saturated heterocycles. The maximum Gasteiger partial charge on any atom is 0.238 e. The van der Waals surface area contributed by atoms with Crippen molar-refractivity contribution in [2.24, 2.45) is 5.14 Å². The van der Waals surface area contributed by atoms with Gasteiger partial charge in [0.05, 0.1) is 10.9 Å². The van der Waals surface area contributed by atoms with Crippen molar-refractivity contribution in [3.8, 4) is 0 Å². The SMILES string of the molecule is Cc1[nH]c2ccccc2c1C(=O)C(C)N1CCN(c2ccc(S(N)(=O)=O)cc2)CC1. The summed E-state index contributed by atoms with van der Waals surface area (Å²) in [7, 11) is -3.69. The zero-order valence-electron chi connectivity index (χ0n) is 17.1. The van der Waals surface area contributed by atoms with Crippen molar-refractivity contribution in [3.63, 3.8) is 0 Å². The number of aromatic nitrogens is 1. The maximum atomic E-state index is 13.3. The van der Waals surface area contributed by atoms with Gasteiger partial charge in [-0.05, 0) is 44.2 Å². The highest BCUT2D eigenvalue weighted by atomic mass is 32.2. The molecule has 4 rings (SSSR count). The number of aryl methyl sites for hydroxylation is 1. The first-order valence-corrected chi connectivity index (χ1v) is 11.5. The van der Waals surface area contributed by atoms with Crippen LogP contribution in [0.2, 0.25) is 0 Å². The molecule has 1 aliphatic rings. The highest BCUT2D eigenvalue weighted by Crippen LogP contribution is 2.25. The molecule has 2 heterocycles. The van der Waals surface area contributed by atoms with Gasteiger partial charge in [0.15, 0.2) is 5.78 Å². The van der Waals surface area contributed by atoms with Gasteiger partial charge >= 0.3 is 0 Å². The molecule has 3 aromatic rings. The topological polar surface area (TPSA) is 99.5 Å². The zero-order valence-corrected chi connectivity index (χ0v) is 17.9. The van der Waals surface area contributed by atoms with E-state index in [4.69, 9.17) is 5.14 Å². The van der Waals surface area contributed by atoms with Gasteiger partial charge in [0.1, 0.15) is 0 Å². The van der Waals surface area contributed by atoms with Gasteiger partial charge in [-0.15, -0.1) is 0 Å². The molecule has 0 spiro atoms. The van der Waals surface area contributed by atoms with Crippen LogP contribution in [0.1, 0.15) is 23.0 Å². The zero-order chi connectivity index (χ0) is 21.5. The first-order valence-electron chi connectivity index (χ1n) is 9.99. The highest BCUT2D eigenvalue weighted by Gasteiger charge is 2.29. The number of carbonyl (C=O) groups is 1. The molecule has 8 heteroatoms. The molecule has 30 heavy (non-hydrogen) atoms. The average molecular weight is 427 g/mol. The van der Waals surface area contributed by atoms with Gasteiger partial charge in [-0.2, -0.15) is 0 Å². The number of aromatic amines is 1. The second kappa shape index (κ2) is 7.86. The number of primary sulfonamides is 1. The number of benzene rings is 2. The number of carbonyl (C=O) groups excluding carboxylic acids is 1. The van der Waals surface area contributed by atoms with Gasteiger partial charge in [-0.1, -0.05) is 18.2 Å². The van der Waals surface area contributed by atoms with Crippen LogP contribution in [0.15, 0.2) is 53.4 Å². The number of hydrogen-bond donors (Lipinski definition) is 2. The molecule has 1 atom stereocenters. The third-order valence-corrected chi connectivity index (χ3v) is 6.84. The summed E-state index contributed by atoms with van der Waals surface area (Å²) in [5.74, 6) is 0.135. The van der Waals surface area contributed by atoms with Gasteiger partial charge in [0, 0.05) is 54.0 Å². The van der Waals surface area contributed by atoms with Crippen LogP contribution in [0.4, 0.5) is 5.69 Å². The van der Waals surface area contributed by atoms with Crippen molar-refractivity contribution in [1.82, 2.24) is 9.88 Å². The van der Waals surface area contributed by atoms with Gasteiger partial charge in [-0.3, -0.25) is 9.69 Å². The van der Waals surface area contributed by atoms with Crippen LogP contribution in [0, 0.1) is 6.92 Å². The molecule has 0 bridgehead atoms. The summed E-state index contributed by atoms with van der Waals surface area (Å²) in [4.78, 5) is 21.1. The number of ketones is 1. The van der Waals surface area contributed by atoms with E-state index in [1.54, 1.807) is 12.1 Å². The molecular formula is C22H26N4O3S. The van der Waals surface area contributed by atoms with E-state index in [1.165, 1.54) is 12.1 Å². The monoisotopic (exact) mass is 426 g/mol. The fourth-order valence-corrected chi connectivity index (χ4v) is 4.70. The van der Waals surface area contributed by atoms with E-state index in [1.807, 2.05) is 38.1 Å². The molecule has 1 aromatic heterocycles. The standard InChI is InChI=1S/C22H26N4O3S/c1-15-21(19-5-3-4-6-20(19)24-15)22(27)16(2)25-11-13-26(14-12-25)17-7-9-18(10-8-17)30(23,28)29/h3-10,16,24H,11-14H2,1-2H3,(H2,23,28,29). The smallest absolute Gasteiger partial charge is 0.238 e. The Labute approximate surface area is 176 Å². The minimum absolute atomic E-state index is 0.109. The molecule has 0 aliphatic carbocycles. The highest BCUT2D eigenvalue weighted by molar-refractivity contribution is 7.89. The number of H-pyrrole nitrogens is 1. The van der Waals surface area contributed by atoms with Crippen LogP contribution < -0.4 is 10.0 Å². The number of fused-ring (bicyclic) bond motifs is 1. The van der Waals surface area contributed by atoms with Crippen LogP contribution >= 0.6 is 0 Å². The Kier molecular flexibility index (Phi) is 5.40. The molecule has 0 amide bonds. The van der Waals surface area contributed by atoms with E-state index in [0.717, 1.165) is 54.0 Å². The third-order valence-electron chi connectivity index (χ3n) is 5.91. The lowest BCUT2D eigenvalue weighted by Gasteiger charge is -2.38. The van der Waals surface area contributed by atoms with Crippen LogP contribution in [0.5, 0.6) is 0 Å². The molecule has 0 saturated carbocycles. The number of nitrogens with one attached hydrogen (secondary N) is 1. The lowest BCUT2D eigenvalue weighted by Crippen LogP contribution is -2.51. The predicted molar refractivity (Wildman–Crippen MR) is 118 cm³/mol. The largest absolute Gasteiger partial charge is 0.369 e. The summed E-state index contributed by atoms with van der Waals surface area (Å²) in [5.41, 5.74) is 3.62. The van der Waals surface area contributed by atoms with E-state index in [0.29, 0.717) is 0 Å². The van der Waals surface area contributed by atoms with Gasteiger partial charge < -0.3 is 9.88 Å². The number of piperazine rings is 1. The molecule has 2 aromatic carbocycles. The average Bonchev–Trinajstić information content (AvgIpc) is 3.08. The van der Waals surface area contributed by atoms with Crippen molar-refractivity contribution in [1.29, 1.82) is 0 Å². The fraction of sp³-hybridized carbons (Fsp3) is 0.318. The Balaban J connectivity index is 1.44. The number of rotatable bonds is 5. The molecular weight excluding hydrogens is 400 g/mol. The van der Waals surface area contributed by atoms with Gasteiger partial charge in [-0.25, -0.2) is 13.6 Å². The quantitative estimate of drug-likeness (QED) is 0.611. The summed E-state index contributed by atoms with van der Waals surface area (Å²) in [6.07, 6.45) is 0. The van der Waals surface area contributed by atoms with E-state index in [-0.39, 0.29) is 16.7 Å². The number of hydrogen-bond acceptors (Lipinski definition) is 5. The minimum Gasteiger partial charge on any atom is -0.369 e. The Morgan fingerprint density at radius 1 is 1.03 bits per heavy atom. The normalized spacial score (nSPS) is 16.7. The van der Waals surface area contributed by atoms with E-state index in [2.05, 4.69) is 14.8 Å². The Morgan fingerprint density at radius 3 is 2.30 bits per heavy atom. The van der Waals surface area contributed by atoms with Gasteiger partial charge in [0.25, 0.3) is 0 Å². The van der Waals surface area contributed by atoms with Crippen LogP contribution in [0.3, 0.4) is 0 Å². The molecule has 1 aliphatic heterocycles. The summed E-state index contributed by atoms with van der Waals surface area (Å²) >= 11 is 0. The summed E-state index contributed by atoms with van der Waals surface area (Å²) in [6, 6.07) is 14.3. The lowest BCUT2D eigenvalue weighted by atomic mass is 10.0. The molecule has 1 unspecified atom stereocenters. The van der Waals surface area contributed by atoms with Crippen LogP contribution in [-0.4, -0.2) is 56.3 Å². The summed E-state index contributed by atoms with van der Waals surface area (Å²) in [5, 5.41) is 6.14. The fourth-order valence-electron chi connectivity index (χ4n) is 4.18. The summed E-state index contributed by atoms with van der Waals surface area (Å²) in [6.45, 7) is 6.96. The number of Topliss-reactive ketones (excluding diaryl/α,β-unsaturated/α-hetero) is 1. The third kappa shape index (κ3) is 3.86. The second-order valence-corrected chi connectivity index (χ2v) is 9.33. The number of anilines is 1. The molecule has 1 fully saturated rings. The first kappa shape index (κ1) is 20.6. The Hall–Kier alpha value is -2.68. The second-order valence-electron chi connectivity index (χ2n) is 7.77. The van der Waals surface area contributed by atoms with Crippen molar-refractivity contribution < 1.29 is 13.2 Å². The number of nitrogens with zero attached hydrogens (tertiary/aromatic N) is 2. The van der Waals surface area contributed by atoms with E-state index >= 15 is 0 Å². The van der Waals surface area contributed by atoms with Crippen molar-refractivity contribution in [2.75, 3.05) is 31.1 Å². The first-order chi connectivity index (χ1) is 14.3. The number of para-hydroxylation sites is 1. The Bertz CT molecular complexity index is 1180. The number of nitrogens with two attached hydrogens (primary N) is 1. The molecule has 3 N–H and O–H groups in total. The Morgan fingerprint density at radius 2 is 1.67 bits per heavy atom. The van der Waals surface area contributed by atoms with Crippen LogP contribution in [0.25, 0.3) is 10.9 Å². The summed E-state index contributed by atoms with van der Waals surface area (Å²) < 4.78 is 22.9. The van der Waals surface area contributed by atoms with Gasteiger partial charge in [0.2, 0.25) is 10.0 Å². The molecule has 7 nitrogen and oxygen atoms in total. The maximum absolute atomic E-state index is 13.3. The number of sulfonamides is 1. The van der Waals surface area contributed by atoms with Crippen LogP contribution in [-0.2, 0) is 10.0 Å². The van der Waals surface area contributed by atoms with Crippen molar-refractivity contribution in [2.45, 2.75) is 24.8 Å². The van der Waals surface area contributed by atoms with Crippen molar-refractivity contribution >= 4 is 32.4 Å².